The third kappa shape index (κ3) is 1.80. The standard InChI is InChI=1S/C7H13.Al/c1-7-5-3-2-4-6-7;/h2-6H2,1H3;/q;+2. The molecule has 0 spiro atoms. The fourth-order valence-electron chi connectivity index (χ4n) is 1.36. The average molecular weight is 124 g/mol. The summed E-state index contributed by atoms with van der Waals surface area (Å²) in [4.78, 5) is 0. The van der Waals surface area contributed by atoms with Gasteiger partial charge in [0.05, 0.1) is 0 Å². The number of rotatable bonds is 0. The third-order valence-electron chi connectivity index (χ3n) is 2.00. The van der Waals surface area contributed by atoms with E-state index in [1.807, 2.05) is 0 Å². The van der Waals surface area contributed by atoms with Crippen molar-refractivity contribution in [3.63, 3.8) is 0 Å². The molecule has 0 aromatic heterocycles. The summed E-state index contributed by atoms with van der Waals surface area (Å²) in [5.41, 5.74) is 0. The molecule has 1 heteroatoms. The second-order valence-corrected chi connectivity index (χ2v) is 4.61. The molecule has 0 aliphatic heterocycles. The van der Waals surface area contributed by atoms with E-state index in [2.05, 4.69) is 23.2 Å². The summed E-state index contributed by atoms with van der Waals surface area (Å²) in [5.74, 6) is 0. The van der Waals surface area contributed by atoms with Crippen LogP contribution in [0.5, 0.6) is 0 Å². The van der Waals surface area contributed by atoms with Crippen molar-refractivity contribution in [3.8, 4) is 0 Å². The first-order chi connectivity index (χ1) is 3.71. The van der Waals surface area contributed by atoms with E-state index in [1.54, 1.807) is 0 Å². The summed E-state index contributed by atoms with van der Waals surface area (Å²) in [6.45, 7) is 2.34. The summed E-state index contributed by atoms with van der Waals surface area (Å²) < 4.78 is 0.595. The Morgan fingerprint density at radius 1 is 1.12 bits per heavy atom. The van der Waals surface area contributed by atoms with E-state index in [0.29, 0.717) is 4.28 Å². The van der Waals surface area contributed by atoms with Crippen LogP contribution < -0.4 is 0 Å². The van der Waals surface area contributed by atoms with Crippen LogP contribution in [0.2, 0.25) is 4.28 Å². The molecule has 0 aromatic carbocycles. The topological polar surface area (TPSA) is 0 Å². The number of hydrogen-bond acceptors (Lipinski definition) is 0. The van der Waals surface area contributed by atoms with Crippen molar-refractivity contribution in [2.45, 2.75) is 43.3 Å². The molecule has 1 fully saturated rings. The van der Waals surface area contributed by atoms with E-state index < -0.39 is 0 Å². The Morgan fingerprint density at radius 3 is 1.88 bits per heavy atom. The van der Waals surface area contributed by atoms with Gasteiger partial charge in [-0.25, -0.2) is 0 Å². The molecule has 0 heterocycles. The van der Waals surface area contributed by atoms with Gasteiger partial charge < -0.3 is 0 Å². The predicted octanol–water partition coefficient (Wildman–Crippen LogP) is 2.30. The summed E-state index contributed by atoms with van der Waals surface area (Å²) in [7, 11) is 0. The Morgan fingerprint density at radius 2 is 1.62 bits per heavy atom. The van der Waals surface area contributed by atoms with Crippen LogP contribution in [-0.2, 0) is 0 Å². The molecule has 0 unspecified atom stereocenters. The molecule has 0 N–H and O–H groups in total. The Bertz CT molecular complexity index is 68.5. The van der Waals surface area contributed by atoms with Crippen molar-refractivity contribution >= 4 is 16.3 Å². The third-order valence-corrected chi connectivity index (χ3v) is 2.57. The van der Waals surface area contributed by atoms with Gasteiger partial charge >= 0.3 is 59.6 Å². The summed E-state index contributed by atoms with van der Waals surface area (Å²) in [6.07, 6.45) is 7.18. The van der Waals surface area contributed by atoms with Crippen LogP contribution in [0, 0.1) is 0 Å². The zero-order chi connectivity index (χ0) is 6.04. The molecule has 0 aromatic rings. The SMILES string of the molecule is C[C]1([Al+2])CCCCC1. The van der Waals surface area contributed by atoms with Gasteiger partial charge in [-0.1, -0.05) is 0 Å². The molecule has 0 radical (unpaired) electrons. The van der Waals surface area contributed by atoms with E-state index in [9.17, 15) is 0 Å². The maximum atomic E-state index is 2.96. The van der Waals surface area contributed by atoms with Gasteiger partial charge in [-0.3, -0.25) is 0 Å². The van der Waals surface area contributed by atoms with Crippen LogP contribution in [-0.4, -0.2) is 16.3 Å². The molecular weight excluding hydrogens is 111 g/mol. The van der Waals surface area contributed by atoms with E-state index in [-0.39, 0.29) is 0 Å². The van der Waals surface area contributed by atoms with Gasteiger partial charge in [-0.05, 0) is 0 Å². The maximum absolute atomic E-state index is 2.96. The van der Waals surface area contributed by atoms with Crippen LogP contribution in [0.4, 0.5) is 0 Å². The van der Waals surface area contributed by atoms with E-state index in [1.165, 1.54) is 32.1 Å². The monoisotopic (exact) mass is 124 g/mol. The van der Waals surface area contributed by atoms with Gasteiger partial charge in [-0.15, -0.1) is 0 Å². The van der Waals surface area contributed by atoms with E-state index in [4.69, 9.17) is 0 Å². The molecule has 1 aliphatic rings. The van der Waals surface area contributed by atoms with Gasteiger partial charge in [0, 0.05) is 0 Å². The normalized spacial score (nSPS) is 27.9. The summed E-state index contributed by atoms with van der Waals surface area (Å²) in [5, 5.41) is 0. The molecule has 42 valence electrons. The van der Waals surface area contributed by atoms with E-state index >= 15 is 0 Å². The first-order valence-electron chi connectivity index (χ1n) is 3.50. The second-order valence-electron chi connectivity index (χ2n) is 3.21. The van der Waals surface area contributed by atoms with Crippen LogP contribution in [0.1, 0.15) is 39.0 Å². The molecule has 0 nitrogen and oxygen atoms in total. The Balaban J connectivity index is 2.33. The van der Waals surface area contributed by atoms with Crippen molar-refractivity contribution in [1.29, 1.82) is 0 Å². The molecule has 0 atom stereocenters. The predicted molar refractivity (Wildman–Crippen MR) is 37.2 cm³/mol. The quantitative estimate of drug-likeness (QED) is 0.435. The van der Waals surface area contributed by atoms with Crippen molar-refractivity contribution in [2.75, 3.05) is 0 Å². The van der Waals surface area contributed by atoms with Crippen molar-refractivity contribution in [3.05, 3.63) is 0 Å². The Labute approximate surface area is 60.1 Å². The molecule has 0 bridgehead atoms. The van der Waals surface area contributed by atoms with Gasteiger partial charge in [0.1, 0.15) is 0 Å². The van der Waals surface area contributed by atoms with Crippen molar-refractivity contribution in [1.82, 2.24) is 0 Å². The minimum absolute atomic E-state index is 0.595. The van der Waals surface area contributed by atoms with Crippen LogP contribution >= 0.6 is 0 Å². The fraction of sp³-hybridized carbons (Fsp3) is 1.00. The minimum atomic E-state index is 0.595. The van der Waals surface area contributed by atoms with Gasteiger partial charge in [0.2, 0.25) is 0 Å². The average Bonchev–Trinajstić information content (AvgIpc) is 1.65. The van der Waals surface area contributed by atoms with Gasteiger partial charge in [0.25, 0.3) is 0 Å². The first kappa shape index (κ1) is 6.65. The molecular formula is C7H13Al+2. The molecule has 1 saturated carbocycles. The zero-order valence-electron chi connectivity index (χ0n) is 5.61. The Hall–Kier alpha value is 0.532. The van der Waals surface area contributed by atoms with Crippen LogP contribution in [0.25, 0.3) is 0 Å². The second kappa shape index (κ2) is 2.42. The summed E-state index contributed by atoms with van der Waals surface area (Å²) >= 11 is 2.96. The molecule has 1 aliphatic carbocycles. The van der Waals surface area contributed by atoms with Crippen molar-refractivity contribution in [2.24, 2.45) is 0 Å². The van der Waals surface area contributed by atoms with Crippen LogP contribution in [0.15, 0.2) is 0 Å². The molecule has 8 heavy (non-hydrogen) atoms. The first-order valence-corrected chi connectivity index (χ1v) is 4.07. The van der Waals surface area contributed by atoms with Gasteiger partial charge in [-0.2, -0.15) is 0 Å². The van der Waals surface area contributed by atoms with Crippen LogP contribution in [0.3, 0.4) is 0 Å². The molecule has 0 saturated heterocycles. The van der Waals surface area contributed by atoms with Gasteiger partial charge in [0.15, 0.2) is 0 Å². The van der Waals surface area contributed by atoms with Crippen molar-refractivity contribution < 1.29 is 0 Å². The molecule has 1 rings (SSSR count). The Kier molecular flexibility index (Phi) is 2.01. The zero-order valence-corrected chi connectivity index (χ0v) is 6.77. The van der Waals surface area contributed by atoms with E-state index in [0.717, 1.165) is 0 Å². The summed E-state index contributed by atoms with van der Waals surface area (Å²) in [6, 6.07) is 0. The fourth-order valence-corrected chi connectivity index (χ4v) is 1.77. The number of hydrogen-bond donors (Lipinski definition) is 0. The molecule has 0 amide bonds.